The maximum atomic E-state index is 12.8. The van der Waals surface area contributed by atoms with Gasteiger partial charge in [-0.15, -0.1) is 0 Å². The van der Waals surface area contributed by atoms with Gasteiger partial charge in [-0.05, 0) is 42.5 Å². The van der Waals surface area contributed by atoms with Gasteiger partial charge in [0.1, 0.15) is 12.7 Å². The van der Waals surface area contributed by atoms with E-state index in [0.717, 1.165) is 0 Å². The van der Waals surface area contributed by atoms with Crippen LogP contribution in [0.4, 0.5) is 5.69 Å². The summed E-state index contributed by atoms with van der Waals surface area (Å²) in [6.45, 7) is 1.58. The number of carbonyl (C=O) groups is 1. The summed E-state index contributed by atoms with van der Waals surface area (Å²) < 4.78 is 28.6. The fourth-order valence-corrected chi connectivity index (χ4v) is 5.14. The molecule has 168 valence electrons. The lowest BCUT2D eigenvalue weighted by Crippen LogP contribution is -2.50. The highest BCUT2D eigenvalue weighted by Gasteiger charge is 2.29. The van der Waals surface area contributed by atoms with E-state index in [0.29, 0.717) is 47.6 Å². The highest BCUT2D eigenvalue weighted by molar-refractivity contribution is 7.89. The molecular weight excluding hydrogens is 475 g/mol. The quantitative estimate of drug-likeness (QED) is 0.564. The van der Waals surface area contributed by atoms with Crippen LogP contribution in [0, 0.1) is 0 Å². The second kappa shape index (κ2) is 9.55. The Hall–Kier alpha value is -2.50. The van der Waals surface area contributed by atoms with Crippen molar-refractivity contribution in [2.45, 2.75) is 4.90 Å². The monoisotopic (exact) mass is 494 g/mol. The fourth-order valence-electron chi connectivity index (χ4n) is 3.42. The molecule has 0 spiro atoms. The Balaban J connectivity index is 1.36. The molecule has 0 aliphatic carbocycles. The number of rotatable bonds is 6. The van der Waals surface area contributed by atoms with E-state index in [9.17, 15) is 13.2 Å². The van der Waals surface area contributed by atoms with Crippen LogP contribution in [0.15, 0.2) is 60.0 Å². The van der Waals surface area contributed by atoms with Crippen LogP contribution in [0.5, 0.6) is 0 Å². The number of piperazine rings is 1. The van der Waals surface area contributed by atoms with Gasteiger partial charge in [0.2, 0.25) is 15.9 Å². The van der Waals surface area contributed by atoms with Gasteiger partial charge in [0, 0.05) is 36.2 Å². The highest BCUT2D eigenvalue weighted by atomic mass is 35.5. The standard InChI is InChI=1S/C20H20Cl2N6O3S/c21-15-1-4-17(5-2-15)32(30,31)27-9-7-26(8-10-27)12-20(29)25-18-11-16(22)3-6-19(18)28-14-23-13-24-28/h1-6,11,13-14H,7-10,12H2,(H,25,29). The van der Waals surface area contributed by atoms with Crippen molar-refractivity contribution in [3.63, 3.8) is 0 Å². The SMILES string of the molecule is O=C(CN1CCN(S(=O)(=O)c2ccc(Cl)cc2)CC1)Nc1cc(Cl)ccc1-n1cncn1. The second-order valence-electron chi connectivity index (χ2n) is 7.18. The van der Waals surface area contributed by atoms with Crippen molar-refractivity contribution < 1.29 is 13.2 Å². The van der Waals surface area contributed by atoms with Gasteiger partial charge >= 0.3 is 0 Å². The first kappa shape index (κ1) is 22.7. The number of halogens is 2. The molecule has 1 aromatic heterocycles. The summed E-state index contributed by atoms with van der Waals surface area (Å²) in [4.78, 5) is 18.7. The van der Waals surface area contributed by atoms with Gasteiger partial charge in [0.05, 0.1) is 22.8 Å². The molecule has 1 aliphatic rings. The van der Waals surface area contributed by atoms with Gasteiger partial charge in [-0.2, -0.15) is 9.40 Å². The topological polar surface area (TPSA) is 100 Å². The Morgan fingerprint density at radius 2 is 1.69 bits per heavy atom. The average molecular weight is 495 g/mol. The van der Waals surface area contributed by atoms with E-state index in [4.69, 9.17) is 23.2 Å². The molecule has 32 heavy (non-hydrogen) atoms. The number of carbonyl (C=O) groups excluding carboxylic acids is 1. The van der Waals surface area contributed by atoms with Crippen LogP contribution < -0.4 is 5.32 Å². The van der Waals surface area contributed by atoms with Crippen LogP contribution in [0.1, 0.15) is 0 Å². The first-order valence-electron chi connectivity index (χ1n) is 9.75. The van der Waals surface area contributed by atoms with E-state index in [-0.39, 0.29) is 17.3 Å². The van der Waals surface area contributed by atoms with E-state index in [2.05, 4.69) is 15.4 Å². The number of nitrogens with one attached hydrogen (secondary N) is 1. The Labute approximate surface area is 195 Å². The molecule has 0 bridgehead atoms. The first-order chi connectivity index (χ1) is 15.3. The number of aromatic nitrogens is 3. The lowest BCUT2D eigenvalue weighted by Gasteiger charge is -2.33. The molecule has 1 fully saturated rings. The number of hydrogen-bond acceptors (Lipinski definition) is 6. The third-order valence-electron chi connectivity index (χ3n) is 5.05. The number of nitrogens with zero attached hydrogens (tertiary/aromatic N) is 5. The minimum atomic E-state index is -3.60. The fraction of sp³-hybridized carbons (Fsp3) is 0.250. The molecular formula is C20H20Cl2N6O3S. The van der Waals surface area contributed by atoms with Gasteiger partial charge in [-0.1, -0.05) is 23.2 Å². The molecule has 0 saturated carbocycles. The highest BCUT2D eigenvalue weighted by Crippen LogP contribution is 2.24. The van der Waals surface area contributed by atoms with Crippen LogP contribution in [0.2, 0.25) is 10.0 Å². The van der Waals surface area contributed by atoms with E-state index < -0.39 is 10.0 Å². The van der Waals surface area contributed by atoms with Gasteiger partial charge < -0.3 is 5.32 Å². The van der Waals surface area contributed by atoms with E-state index in [1.807, 2.05) is 4.90 Å². The molecule has 0 unspecified atom stereocenters. The Bertz CT molecular complexity index is 1190. The third-order valence-corrected chi connectivity index (χ3v) is 7.45. The Morgan fingerprint density at radius 1 is 1.00 bits per heavy atom. The lowest BCUT2D eigenvalue weighted by molar-refractivity contribution is -0.117. The van der Waals surface area contributed by atoms with Gasteiger partial charge in [-0.3, -0.25) is 9.69 Å². The van der Waals surface area contributed by atoms with Crippen LogP contribution in [0.3, 0.4) is 0 Å². The number of benzene rings is 2. The smallest absolute Gasteiger partial charge is 0.243 e. The molecule has 4 rings (SSSR count). The zero-order valence-electron chi connectivity index (χ0n) is 16.9. The van der Waals surface area contributed by atoms with Gasteiger partial charge in [-0.25, -0.2) is 18.1 Å². The molecule has 0 radical (unpaired) electrons. The van der Waals surface area contributed by atoms with Gasteiger partial charge in [0.25, 0.3) is 0 Å². The number of sulfonamides is 1. The summed E-state index contributed by atoms with van der Waals surface area (Å²) in [5, 5.41) is 7.91. The zero-order valence-corrected chi connectivity index (χ0v) is 19.2. The maximum absolute atomic E-state index is 12.8. The van der Waals surface area contributed by atoms with Crippen LogP contribution >= 0.6 is 23.2 Å². The van der Waals surface area contributed by atoms with E-state index >= 15 is 0 Å². The predicted octanol–water partition coefficient (Wildman–Crippen LogP) is 2.52. The molecule has 1 amide bonds. The minimum absolute atomic E-state index is 0.123. The second-order valence-corrected chi connectivity index (χ2v) is 9.99. The van der Waals surface area contributed by atoms with Crippen molar-refractivity contribution in [2.24, 2.45) is 0 Å². The summed E-state index contributed by atoms with van der Waals surface area (Å²) in [5.41, 5.74) is 1.15. The molecule has 2 aromatic carbocycles. The normalized spacial score (nSPS) is 15.6. The molecule has 1 aliphatic heterocycles. The third kappa shape index (κ3) is 5.11. The molecule has 9 nitrogen and oxygen atoms in total. The zero-order chi connectivity index (χ0) is 22.7. The van der Waals surface area contributed by atoms with Crippen molar-refractivity contribution >= 4 is 44.8 Å². The van der Waals surface area contributed by atoms with Crippen LogP contribution in [0.25, 0.3) is 5.69 Å². The molecule has 0 atom stereocenters. The van der Waals surface area contributed by atoms with Crippen molar-refractivity contribution in [1.82, 2.24) is 24.0 Å². The summed E-state index contributed by atoms with van der Waals surface area (Å²) in [6, 6.07) is 11.2. The average Bonchev–Trinajstić information content (AvgIpc) is 3.29. The summed E-state index contributed by atoms with van der Waals surface area (Å²) in [5.74, 6) is -0.234. The van der Waals surface area contributed by atoms with Crippen LogP contribution in [-0.2, 0) is 14.8 Å². The van der Waals surface area contributed by atoms with Crippen LogP contribution in [-0.4, -0.2) is 71.0 Å². The Morgan fingerprint density at radius 3 is 2.34 bits per heavy atom. The molecule has 12 heteroatoms. The minimum Gasteiger partial charge on any atom is -0.323 e. The predicted molar refractivity (Wildman–Crippen MR) is 122 cm³/mol. The Kier molecular flexibility index (Phi) is 6.77. The van der Waals surface area contributed by atoms with E-state index in [1.165, 1.54) is 33.8 Å². The molecule has 2 heterocycles. The number of amides is 1. The van der Waals surface area contributed by atoms with Crippen molar-refractivity contribution in [2.75, 3.05) is 38.0 Å². The van der Waals surface area contributed by atoms with Crippen molar-refractivity contribution in [3.05, 3.63) is 65.2 Å². The van der Waals surface area contributed by atoms with E-state index in [1.54, 1.807) is 30.3 Å². The van der Waals surface area contributed by atoms with Crippen molar-refractivity contribution in [1.29, 1.82) is 0 Å². The van der Waals surface area contributed by atoms with Crippen molar-refractivity contribution in [3.8, 4) is 5.69 Å². The largest absolute Gasteiger partial charge is 0.323 e. The maximum Gasteiger partial charge on any atom is 0.243 e. The molecule has 1 saturated heterocycles. The lowest BCUT2D eigenvalue weighted by atomic mass is 10.2. The first-order valence-corrected chi connectivity index (χ1v) is 11.9. The van der Waals surface area contributed by atoms with Gasteiger partial charge in [0.15, 0.2) is 0 Å². The number of hydrogen-bond donors (Lipinski definition) is 1. The summed E-state index contributed by atoms with van der Waals surface area (Å²) >= 11 is 11.9. The molecule has 3 aromatic rings. The summed E-state index contributed by atoms with van der Waals surface area (Å²) in [6.07, 6.45) is 2.93. The molecule has 1 N–H and O–H groups in total. The summed E-state index contributed by atoms with van der Waals surface area (Å²) in [7, 11) is -3.60. The number of anilines is 1.